The molecule has 15 heteroatoms. The van der Waals surface area contributed by atoms with Crippen molar-refractivity contribution in [2.45, 2.75) is 89.0 Å². The van der Waals surface area contributed by atoms with E-state index in [9.17, 15) is 19.2 Å². The Morgan fingerprint density at radius 1 is 0.820 bits per heavy atom. The number of rotatable bonds is 10. The van der Waals surface area contributed by atoms with Crippen LogP contribution in [0, 0.1) is 17.8 Å². The Balaban J connectivity index is 0.920. The van der Waals surface area contributed by atoms with Gasteiger partial charge in [-0.15, -0.1) is 0 Å². The smallest absolute Gasteiger partial charge is 0.407 e. The Hall–Kier alpha value is -5.96. The summed E-state index contributed by atoms with van der Waals surface area (Å²) >= 11 is 0. The highest BCUT2D eigenvalue weighted by molar-refractivity contribution is 6.05. The zero-order chi connectivity index (χ0) is 42.4. The molecule has 4 N–H and O–H groups in total. The van der Waals surface area contributed by atoms with E-state index >= 15 is 0 Å². The Labute approximate surface area is 354 Å². The van der Waals surface area contributed by atoms with Crippen molar-refractivity contribution in [2.75, 3.05) is 34.0 Å². The van der Waals surface area contributed by atoms with Crippen LogP contribution in [0.5, 0.6) is 0 Å². The lowest BCUT2D eigenvalue weighted by Gasteiger charge is -2.37. The normalized spacial score (nSPS) is 22.5. The number of likely N-dealkylation sites (tertiary alicyclic amines) is 2. The number of nitrogens with one attached hydrogen (secondary N) is 4. The summed E-state index contributed by atoms with van der Waals surface area (Å²) in [4.78, 5) is 73.4. The largest absolute Gasteiger partial charge is 0.453 e. The number of aromatic nitrogens is 4. The molecule has 61 heavy (non-hydrogen) atoms. The summed E-state index contributed by atoms with van der Waals surface area (Å²) in [5.41, 5.74) is 5.76. The van der Waals surface area contributed by atoms with Gasteiger partial charge in [0.2, 0.25) is 11.8 Å². The first-order chi connectivity index (χ1) is 29.6. The number of benzene rings is 3. The van der Waals surface area contributed by atoms with Gasteiger partial charge in [0, 0.05) is 31.2 Å². The quantitative estimate of drug-likeness (QED) is 0.115. The lowest BCUT2D eigenvalue weighted by molar-refractivity contribution is -0.139. The number of hydrogen-bond donors (Lipinski definition) is 4. The summed E-state index contributed by atoms with van der Waals surface area (Å²) in [7, 11) is 2.62. The number of amides is 4. The lowest BCUT2D eigenvalue weighted by atomic mass is 9.90. The number of imidazole rings is 2. The molecule has 4 aliphatic rings. The van der Waals surface area contributed by atoms with Gasteiger partial charge in [-0.3, -0.25) is 9.59 Å². The number of carbonyl (C=O) groups excluding carboxylic acids is 4. The first kappa shape index (κ1) is 40.4. The molecular formula is C46H54N8O7. The van der Waals surface area contributed by atoms with E-state index in [1.165, 1.54) is 14.2 Å². The number of fused-ring (bicyclic) bond motifs is 5. The van der Waals surface area contributed by atoms with E-state index in [1.54, 1.807) is 0 Å². The number of alkyl carbamates (subject to hydrolysis) is 2. The van der Waals surface area contributed by atoms with Crippen molar-refractivity contribution in [3.8, 4) is 22.4 Å². The minimum atomic E-state index is -0.691. The predicted molar refractivity (Wildman–Crippen MR) is 228 cm³/mol. The summed E-state index contributed by atoms with van der Waals surface area (Å²) in [6.45, 7) is 5.56. The second kappa shape index (κ2) is 16.8. The van der Waals surface area contributed by atoms with E-state index in [2.05, 4.69) is 69.1 Å². The van der Waals surface area contributed by atoms with Crippen LogP contribution in [0.1, 0.15) is 82.5 Å². The van der Waals surface area contributed by atoms with Crippen LogP contribution in [0.3, 0.4) is 0 Å². The number of ether oxygens (including phenoxy) is 3. The molecule has 4 fully saturated rings. The molecule has 6 atom stereocenters. The Morgan fingerprint density at radius 3 is 2.31 bits per heavy atom. The maximum atomic E-state index is 14.1. The van der Waals surface area contributed by atoms with Gasteiger partial charge in [-0.05, 0) is 96.9 Å². The van der Waals surface area contributed by atoms with Crippen molar-refractivity contribution in [2.24, 2.45) is 17.8 Å². The van der Waals surface area contributed by atoms with Crippen LogP contribution in [0.15, 0.2) is 60.8 Å². The molecule has 1 aliphatic carbocycles. The molecule has 3 aromatic carbocycles. The molecule has 2 bridgehead atoms. The summed E-state index contributed by atoms with van der Waals surface area (Å²) in [5, 5.41) is 7.66. The van der Waals surface area contributed by atoms with Gasteiger partial charge in [0.1, 0.15) is 23.7 Å². The van der Waals surface area contributed by atoms with E-state index in [0.717, 1.165) is 87.9 Å². The first-order valence-electron chi connectivity index (χ1n) is 21.6. The molecule has 15 nitrogen and oxygen atoms in total. The Bertz CT molecular complexity index is 2440. The first-order valence-corrected chi connectivity index (χ1v) is 21.6. The van der Waals surface area contributed by atoms with E-state index in [4.69, 9.17) is 24.2 Å². The predicted octanol–water partition coefficient (Wildman–Crippen LogP) is 7.02. The Kier molecular flexibility index (Phi) is 11.2. The van der Waals surface area contributed by atoms with Gasteiger partial charge in [-0.2, -0.15) is 0 Å². The second-order valence-electron chi connectivity index (χ2n) is 17.3. The number of hydrogen-bond acceptors (Lipinski definition) is 9. The van der Waals surface area contributed by atoms with Crippen molar-refractivity contribution in [3.05, 3.63) is 72.4 Å². The summed E-state index contributed by atoms with van der Waals surface area (Å²) in [6, 6.07) is 17.3. The zero-order valence-corrected chi connectivity index (χ0v) is 35.1. The molecule has 0 spiro atoms. The lowest BCUT2D eigenvalue weighted by Crippen LogP contribution is -2.54. The fourth-order valence-corrected chi connectivity index (χ4v) is 10.3. The molecule has 1 saturated carbocycles. The topological polar surface area (TPSA) is 184 Å². The molecule has 0 radical (unpaired) electrons. The molecule has 320 valence electrons. The average Bonchev–Trinajstić information content (AvgIpc) is 4.15. The van der Waals surface area contributed by atoms with Gasteiger partial charge in [0.15, 0.2) is 0 Å². The molecule has 3 aliphatic heterocycles. The van der Waals surface area contributed by atoms with E-state index in [1.807, 2.05) is 35.9 Å². The monoisotopic (exact) mass is 830 g/mol. The number of nitrogens with zero attached hydrogens (tertiary/aromatic N) is 4. The van der Waals surface area contributed by atoms with E-state index in [-0.39, 0.29) is 41.8 Å². The summed E-state index contributed by atoms with van der Waals surface area (Å²) < 4.78 is 15.3. The number of methoxy groups -OCH3 is 2. The van der Waals surface area contributed by atoms with Gasteiger partial charge in [-0.1, -0.05) is 56.3 Å². The van der Waals surface area contributed by atoms with Crippen LogP contribution in [-0.4, -0.2) is 106 Å². The van der Waals surface area contributed by atoms with E-state index < -0.39 is 24.3 Å². The SMILES string of the molecule is COC(=O)NC(C(=O)N1[C@@H]2CC[C@@H](C2)[C@H]1c1ncc(-c2ccc(-c3ccc4c(ccc5[nH]c([C@@H]6CCCN6C(=O)[C@@H](NC(=O)OC)C6CCOCC6)nc54)c3)cc2)[nH]1)C(C)C. The molecule has 3 saturated heterocycles. The van der Waals surface area contributed by atoms with Crippen LogP contribution in [0.25, 0.3) is 44.2 Å². The summed E-state index contributed by atoms with van der Waals surface area (Å²) in [5.74, 6) is 1.47. The molecular weight excluding hydrogens is 777 g/mol. The maximum Gasteiger partial charge on any atom is 0.407 e. The van der Waals surface area contributed by atoms with Crippen molar-refractivity contribution in [3.63, 3.8) is 0 Å². The van der Waals surface area contributed by atoms with Crippen LogP contribution >= 0.6 is 0 Å². The molecule has 1 unspecified atom stereocenters. The molecule has 5 heterocycles. The highest BCUT2D eigenvalue weighted by atomic mass is 16.5. The number of aromatic amines is 2. The minimum Gasteiger partial charge on any atom is -0.453 e. The zero-order valence-electron chi connectivity index (χ0n) is 35.1. The third-order valence-corrected chi connectivity index (χ3v) is 13.4. The Morgan fingerprint density at radius 2 is 1.56 bits per heavy atom. The van der Waals surface area contributed by atoms with E-state index in [0.29, 0.717) is 38.5 Å². The average molecular weight is 831 g/mol. The molecule has 2 aromatic heterocycles. The molecule has 4 amide bonds. The fraction of sp³-hybridized carbons (Fsp3) is 0.478. The maximum absolute atomic E-state index is 14.1. The highest BCUT2D eigenvalue weighted by Crippen LogP contribution is 2.50. The van der Waals surface area contributed by atoms with Crippen molar-refractivity contribution in [1.82, 2.24) is 40.4 Å². The van der Waals surface area contributed by atoms with Crippen LogP contribution in [0.4, 0.5) is 9.59 Å². The summed E-state index contributed by atoms with van der Waals surface area (Å²) in [6.07, 6.45) is 6.53. The van der Waals surface area contributed by atoms with Crippen molar-refractivity contribution in [1.29, 1.82) is 0 Å². The van der Waals surface area contributed by atoms with Gasteiger partial charge in [0.05, 0.1) is 49.2 Å². The molecule has 9 rings (SSSR count). The van der Waals surface area contributed by atoms with Crippen LogP contribution < -0.4 is 10.6 Å². The number of carbonyl (C=O) groups is 4. The third kappa shape index (κ3) is 7.68. The second-order valence-corrected chi connectivity index (χ2v) is 17.3. The number of piperidine rings is 1. The van der Waals surface area contributed by atoms with Gasteiger partial charge in [-0.25, -0.2) is 19.6 Å². The van der Waals surface area contributed by atoms with Crippen LogP contribution in [-0.2, 0) is 23.8 Å². The van der Waals surface area contributed by atoms with Gasteiger partial charge < -0.3 is 44.6 Å². The number of H-pyrrole nitrogens is 2. The van der Waals surface area contributed by atoms with Gasteiger partial charge in [0.25, 0.3) is 0 Å². The van der Waals surface area contributed by atoms with Gasteiger partial charge >= 0.3 is 12.2 Å². The van der Waals surface area contributed by atoms with Crippen molar-refractivity contribution < 1.29 is 33.4 Å². The fourth-order valence-electron chi connectivity index (χ4n) is 10.3. The molecule has 5 aromatic rings. The van der Waals surface area contributed by atoms with Crippen molar-refractivity contribution >= 4 is 45.8 Å². The standard InChI is InChI=1S/C46H54N8O7/c1-25(2)37(51-45(57)59-3)44(56)54-32-14-11-31(23-32)40(54)42-47-24-35(49-42)27-9-7-26(8-10-27)29-12-15-33-30(22-29)13-16-34-39(33)50-41(48-34)36-6-5-19-53(36)43(55)38(52-46(58)60-4)28-17-20-61-21-18-28/h7-10,12-13,15-16,22,24-25,28,31-32,36-38,40H,5-6,11,14,17-21,23H2,1-4H3,(H,47,49)(H,48,50)(H,51,57)(H,52,58)/t31-,32+,36-,37?,38-,40-/m0/s1. The highest BCUT2D eigenvalue weighted by Gasteiger charge is 2.51. The minimum absolute atomic E-state index is 0.0329. The third-order valence-electron chi connectivity index (χ3n) is 13.4. The van der Waals surface area contributed by atoms with Crippen LogP contribution in [0.2, 0.25) is 0 Å².